The predicted octanol–water partition coefficient (Wildman–Crippen LogP) is 3.63. The van der Waals surface area contributed by atoms with Crippen molar-refractivity contribution in [3.05, 3.63) is 45.1 Å². The summed E-state index contributed by atoms with van der Waals surface area (Å²) >= 11 is 5.16. The van der Waals surface area contributed by atoms with E-state index in [1.165, 1.54) is 4.88 Å². The summed E-state index contributed by atoms with van der Waals surface area (Å²) in [6, 6.07) is 12.1. The van der Waals surface area contributed by atoms with Gasteiger partial charge >= 0.3 is 0 Å². The number of halogens is 1. The maximum atomic E-state index is 5.82. The zero-order valence-electron chi connectivity index (χ0n) is 10.0. The summed E-state index contributed by atoms with van der Waals surface area (Å²) in [7, 11) is 1.66. The standard InChI is InChI=1S/C13H15BrN2OS/c1-17-10-4-2-9(3-5-10)16-11(8-15)12-6-7-13(14)18-12/h2-7,11,16H,8,15H2,1H3. The Labute approximate surface area is 119 Å². The molecule has 0 aliphatic heterocycles. The molecule has 0 radical (unpaired) electrons. The lowest BCUT2D eigenvalue weighted by Crippen LogP contribution is -2.19. The Morgan fingerprint density at radius 3 is 2.50 bits per heavy atom. The third kappa shape index (κ3) is 3.25. The van der Waals surface area contributed by atoms with Crippen molar-refractivity contribution in [2.24, 2.45) is 5.73 Å². The summed E-state index contributed by atoms with van der Waals surface area (Å²) in [6.45, 7) is 0.555. The van der Waals surface area contributed by atoms with E-state index in [1.807, 2.05) is 30.3 Å². The highest BCUT2D eigenvalue weighted by Gasteiger charge is 2.11. The molecule has 1 unspecified atom stereocenters. The molecule has 3 nitrogen and oxygen atoms in total. The van der Waals surface area contributed by atoms with Crippen LogP contribution in [0.3, 0.4) is 0 Å². The van der Waals surface area contributed by atoms with Crippen LogP contribution in [-0.4, -0.2) is 13.7 Å². The molecule has 1 atom stereocenters. The number of rotatable bonds is 5. The van der Waals surface area contributed by atoms with Crippen molar-refractivity contribution in [3.8, 4) is 5.75 Å². The molecule has 0 saturated heterocycles. The van der Waals surface area contributed by atoms with E-state index in [0.29, 0.717) is 6.54 Å². The van der Waals surface area contributed by atoms with Crippen molar-refractivity contribution in [2.75, 3.05) is 19.0 Å². The van der Waals surface area contributed by atoms with Gasteiger partial charge in [-0.25, -0.2) is 0 Å². The van der Waals surface area contributed by atoms with Crippen LogP contribution in [-0.2, 0) is 0 Å². The van der Waals surface area contributed by atoms with Crippen LogP contribution in [0.25, 0.3) is 0 Å². The Kier molecular flexibility index (Phi) is 4.63. The predicted molar refractivity (Wildman–Crippen MR) is 80.4 cm³/mol. The summed E-state index contributed by atoms with van der Waals surface area (Å²) in [5.41, 5.74) is 6.86. The minimum atomic E-state index is 0.134. The maximum absolute atomic E-state index is 5.82. The summed E-state index contributed by atoms with van der Waals surface area (Å²) in [5, 5.41) is 3.42. The van der Waals surface area contributed by atoms with Gasteiger partial charge in [0.15, 0.2) is 0 Å². The first kappa shape index (κ1) is 13.4. The summed E-state index contributed by atoms with van der Waals surface area (Å²) in [6.07, 6.45) is 0. The van der Waals surface area contributed by atoms with E-state index in [4.69, 9.17) is 10.5 Å². The molecule has 5 heteroatoms. The van der Waals surface area contributed by atoms with Gasteiger partial charge < -0.3 is 15.8 Å². The highest BCUT2D eigenvalue weighted by molar-refractivity contribution is 9.11. The number of thiophene rings is 1. The van der Waals surface area contributed by atoms with Crippen LogP contribution < -0.4 is 15.8 Å². The van der Waals surface area contributed by atoms with Crippen molar-refractivity contribution >= 4 is 33.0 Å². The fraction of sp³-hybridized carbons (Fsp3) is 0.231. The van der Waals surface area contributed by atoms with Gasteiger partial charge in [-0.2, -0.15) is 0 Å². The number of anilines is 1. The van der Waals surface area contributed by atoms with Crippen LogP contribution >= 0.6 is 27.3 Å². The zero-order chi connectivity index (χ0) is 13.0. The van der Waals surface area contributed by atoms with E-state index in [0.717, 1.165) is 15.2 Å². The topological polar surface area (TPSA) is 47.3 Å². The molecule has 3 N–H and O–H groups in total. The van der Waals surface area contributed by atoms with Crippen molar-refractivity contribution in [3.63, 3.8) is 0 Å². The number of ether oxygens (including phenoxy) is 1. The van der Waals surface area contributed by atoms with Gasteiger partial charge in [0, 0.05) is 17.1 Å². The molecule has 0 spiro atoms. The number of hydrogen-bond donors (Lipinski definition) is 2. The molecule has 2 aromatic rings. The Balaban J connectivity index is 2.10. The third-order valence-corrected chi connectivity index (χ3v) is 4.34. The molecule has 0 amide bonds. The number of methoxy groups -OCH3 is 1. The first-order valence-electron chi connectivity index (χ1n) is 5.59. The second kappa shape index (κ2) is 6.22. The van der Waals surface area contributed by atoms with Gasteiger partial charge in [-0.3, -0.25) is 0 Å². The quantitative estimate of drug-likeness (QED) is 0.881. The Hall–Kier alpha value is -1.04. The Morgan fingerprint density at radius 2 is 2.00 bits per heavy atom. The lowest BCUT2D eigenvalue weighted by molar-refractivity contribution is 0.415. The minimum absolute atomic E-state index is 0.134. The maximum Gasteiger partial charge on any atom is 0.119 e. The van der Waals surface area contributed by atoms with Crippen LogP contribution in [0.2, 0.25) is 0 Å². The number of nitrogens with two attached hydrogens (primary N) is 1. The van der Waals surface area contributed by atoms with Crippen LogP contribution in [0.15, 0.2) is 40.2 Å². The second-order valence-electron chi connectivity index (χ2n) is 3.80. The molecule has 0 fully saturated rings. The molecule has 1 aromatic carbocycles. The van der Waals surface area contributed by atoms with Crippen LogP contribution in [0.4, 0.5) is 5.69 Å². The van der Waals surface area contributed by atoms with Crippen LogP contribution in [0, 0.1) is 0 Å². The molecule has 0 bridgehead atoms. The van der Waals surface area contributed by atoms with E-state index in [-0.39, 0.29) is 6.04 Å². The highest BCUT2D eigenvalue weighted by Crippen LogP contribution is 2.29. The third-order valence-electron chi connectivity index (χ3n) is 2.60. The Bertz CT molecular complexity index is 498. The summed E-state index contributed by atoms with van der Waals surface area (Å²) in [5.74, 6) is 0.851. The summed E-state index contributed by atoms with van der Waals surface area (Å²) in [4.78, 5) is 1.22. The molecule has 2 rings (SSSR count). The van der Waals surface area contributed by atoms with Gasteiger partial charge in [-0.1, -0.05) is 0 Å². The molecule has 18 heavy (non-hydrogen) atoms. The average molecular weight is 327 g/mol. The SMILES string of the molecule is COc1ccc(NC(CN)c2ccc(Br)s2)cc1. The Morgan fingerprint density at radius 1 is 1.28 bits per heavy atom. The van der Waals surface area contributed by atoms with E-state index >= 15 is 0 Å². The van der Waals surface area contributed by atoms with Crippen molar-refractivity contribution in [2.45, 2.75) is 6.04 Å². The minimum Gasteiger partial charge on any atom is -0.497 e. The summed E-state index contributed by atoms with van der Waals surface area (Å²) < 4.78 is 6.25. The second-order valence-corrected chi connectivity index (χ2v) is 6.30. The molecule has 0 aliphatic carbocycles. The van der Waals surface area contributed by atoms with E-state index in [1.54, 1.807) is 18.4 Å². The molecular weight excluding hydrogens is 312 g/mol. The van der Waals surface area contributed by atoms with Crippen molar-refractivity contribution in [1.29, 1.82) is 0 Å². The van der Waals surface area contributed by atoms with Gasteiger partial charge in [0.05, 0.1) is 16.9 Å². The molecule has 96 valence electrons. The van der Waals surface area contributed by atoms with Gasteiger partial charge in [-0.05, 0) is 52.3 Å². The number of benzene rings is 1. The lowest BCUT2D eigenvalue weighted by atomic mass is 10.2. The largest absolute Gasteiger partial charge is 0.497 e. The van der Waals surface area contributed by atoms with Crippen molar-refractivity contribution in [1.82, 2.24) is 0 Å². The normalized spacial score (nSPS) is 12.2. The fourth-order valence-electron chi connectivity index (χ4n) is 1.65. The highest BCUT2D eigenvalue weighted by atomic mass is 79.9. The fourth-order valence-corrected chi connectivity index (χ4v) is 3.14. The van der Waals surface area contributed by atoms with Gasteiger partial charge in [-0.15, -0.1) is 11.3 Å². The van der Waals surface area contributed by atoms with Crippen LogP contribution in [0.5, 0.6) is 5.75 Å². The smallest absolute Gasteiger partial charge is 0.119 e. The first-order valence-corrected chi connectivity index (χ1v) is 7.19. The monoisotopic (exact) mass is 326 g/mol. The molecule has 0 aliphatic rings. The zero-order valence-corrected chi connectivity index (χ0v) is 12.4. The van der Waals surface area contributed by atoms with Gasteiger partial charge in [0.25, 0.3) is 0 Å². The average Bonchev–Trinajstić information content (AvgIpc) is 2.83. The first-order chi connectivity index (χ1) is 8.72. The molecular formula is C13H15BrN2OS. The van der Waals surface area contributed by atoms with Gasteiger partial charge in [0.2, 0.25) is 0 Å². The van der Waals surface area contributed by atoms with E-state index in [9.17, 15) is 0 Å². The van der Waals surface area contributed by atoms with Gasteiger partial charge in [0.1, 0.15) is 5.75 Å². The number of hydrogen-bond acceptors (Lipinski definition) is 4. The molecule has 0 saturated carbocycles. The van der Waals surface area contributed by atoms with E-state index in [2.05, 4.69) is 27.3 Å². The van der Waals surface area contributed by atoms with Crippen LogP contribution in [0.1, 0.15) is 10.9 Å². The van der Waals surface area contributed by atoms with Crippen molar-refractivity contribution < 1.29 is 4.74 Å². The molecule has 1 aromatic heterocycles. The van der Waals surface area contributed by atoms with E-state index < -0.39 is 0 Å². The lowest BCUT2D eigenvalue weighted by Gasteiger charge is -2.16. The number of nitrogens with one attached hydrogen (secondary N) is 1. The molecule has 1 heterocycles.